The van der Waals surface area contributed by atoms with Crippen LogP contribution in [0.1, 0.15) is 22.3 Å². The van der Waals surface area contributed by atoms with E-state index in [0.29, 0.717) is 25.1 Å². The van der Waals surface area contributed by atoms with Crippen LogP contribution in [-0.4, -0.2) is 35.0 Å². The highest BCUT2D eigenvalue weighted by molar-refractivity contribution is 5.95. The third-order valence-corrected chi connectivity index (χ3v) is 3.09. The van der Waals surface area contributed by atoms with Crippen molar-refractivity contribution in [2.45, 2.75) is 13.3 Å². The Morgan fingerprint density at radius 1 is 1.39 bits per heavy atom. The molecule has 1 saturated heterocycles. The van der Waals surface area contributed by atoms with Gasteiger partial charge in [-0.2, -0.15) is 0 Å². The lowest BCUT2D eigenvalue weighted by atomic mass is 10.1. The average molecular weight is 270 g/mol. The molecule has 1 fully saturated rings. The van der Waals surface area contributed by atoms with Crippen LogP contribution >= 0.6 is 12.4 Å². The van der Waals surface area contributed by atoms with E-state index in [2.05, 4.69) is 0 Å². The first kappa shape index (κ1) is 14.5. The Hall–Kier alpha value is -1.55. The van der Waals surface area contributed by atoms with E-state index in [1.165, 1.54) is 0 Å². The van der Waals surface area contributed by atoms with Gasteiger partial charge in [-0.3, -0.25) is 9.59 Å². The van der Waals surface area contributed by atoms with Crippen molar-refractivity contribution in [1.29, 1.82) is 0 Å². The summed E-state index contributed by atoms with van der Waals surface area (Å²) in [6.07, 6.45) is 0.549. The molecule has 0 saturated carbocycles. The standard InChI is InChI=1S/C13H15NO3.ClH/c1-9-3-2-4-10(7-9)12(15)14-6-5-11(8-14)13(16)17;/h2-4,7,11H,5-6,8H2,1H3,(H,16,17);1H. The fourth-order valence-corrected chi connectivity index (χ4v) is 2.11. The number of carbonyl (C=O) groups excluding carboxylic acids is 1. The van der Waals surface area contributed by atoms with Crippen molar-refractivity contribution in [3.05, 3.63) is 35.4 Å². The summed E-state index contributed by atoms with van der Waals surface area (Å²) >= 11 is 0. The Morgan fingerprint density at radius 2 is 2.11 bits per heavy atom. The highest BCUT2D eigenvalue weighted by Gasteiger charge is 2.31. The zero-order valence-electron chi connectivity index (χ0n) is 10.1. The molecule has 1 aromatic rings. The second-order valence-electron chi connectivity index (χ2n) is 4.44. The predicted molar refractivity (Wildman–Crippen MR) is 70.1 cm³/mol. The van der Waals surface area contributed by atoms with Gasteiger partial charge in [0.1, 0.15) is 0 Å². The van der Waals surface area contributed by atoms with E-state index in [9.17, 15) is 9.59 Å². The SMILES string of the molecule is Cc1cccc(C(=O)N2CCC(C(=O)O)C2)c1.Cl. The predicted octanol–water partition coefficient (Wildman–Crippen LogP) is 1.96. The van der Waals surface area contributed by atoms with Crippen LogP contribution in [0.15, 0.2) is 24.3 Å². The summed E-state index contributed by atoms with van der Waals surface area (Å²) in [7, 11) is 0. The lowest BCUT2D eigenvalue weighted by Crippen LogP contribution is -2.29. The minimum absolute atomic E-state index is 0. The van der Waals surface area contributed by atoms with Gasteiger partial charge in [-0.15, -0.1) is 12.4 Å². The molecule has 0 spiro atoms. The maximum atomic E-state index is 12.1. The van der Waals surface area contributed by atoms with E-state index in [1.54, 1.807) is 11.0 Å². The lowest BCUT2D eigenvalue weighted by molar-refractivity contribution is -0.141. The number of amides is 1. The molecule has 2 rings (SSSR count). The number of carboxylic acid groups (broad SMARTS) is 1. The van der Waals surface area contributed by atoms with Crippen LogP contribution in [0.3, 0.4) is 0 Å². The van der Waals surface area contributed by atoms with E-state index in [1.807, 2.05) is 25.1 Å². The zero-order chi connectivity index (χ0) is 12.4. The molecule has 0 aliphatic carbocycles. The molecule has 0 aromatic heterocycles. The Kier molecular flexibility index (Phi) is 4.73. The molecular weight excluding hydrogens is 254 g/mol. The number of aliphatic carboxylic acids is 1. The first-order valence-electron chi connectivity index (χ1n) is 5.66. The maximum absolute atomic E-state index is 12.1. The Bertz CT molecular complexity index is 461. The number of carboxylic acids is 1. The fraction of sp³-hybridized carbons (Fsp3) is 0.385. The van der Waals surface area contributed by atoms with Gasteiger partial charge in [0.05, 0.1) is 5.92 Å². The van der Waals surface area contributed by atoms with E-state index in [0.717, 1.165) is 5.56 Å². The van der Waals surface area contributed by atoms with Crippen molar-refractivity contribution in [1.82, 2.24) is 4.90 Å². The third-order valence-electron chi connectivity index (χ3n) is 3.09. The quantitative estimate of drug-likeness (QED) is 0.893. The van der Waals surface area contributed by atoms with E-state index < -0.39 is 11.9 Å². The molecule has 1 aliphatic rings. The molecule has 0 radical (unpaired) electrons. The Labute approximate surface area is 112 Å². The van der Waals surface area contributed by atoms with Crippen LogP contribution in [-0.2, 0) is 4.79 Å². The van der Waals surface area contributed by atoms with Crippen LogP contribution in [0, 0.1) is 12.8 Å². The number of carbonyl (C=O) groups is 2. The molecule has 0 bridgehead atoms. The Morgan fingerprint density at radius 3 is 2.67 bits per heavy atom. The number of nitrogens with zero attached hydrogens (tertiary/aromatic N) is 1. The number of likely N-dealkylation sites (tertiary alicyclic amines) is 1. The molecule has 1 heterocycles. The molecule has 1 atom stereocenters. The number of aryl methyl sites for hydroxylation is 1. The smallest absolute Gasteiger partial charge is 0.308 e. The monoisotopic (exact) mass is 269 g/mol. The van der Waals surface area contributed by atoms with Gasteiger partial charge in [0, 0.05) is 18.7 Å². The number of hydrogen-bond acceptors (Lipinski definition) is 2. The second-order valence-corrected chi connectivity index (χ2v) is 4.44. The van der Waals surface area contributed by atoms with E-state index in [4.69, 9.17) is 5.11 Å². The van der Waals surface area contributed by atoms with Gasteiger partial charge in [0.25, 0.3) is 5.91 Å². The van der Waals surface area contributed by atoms with Gasteiger partial charge in [-0.1, -0.05) is 17.7 Å². The largest absolute Gasteiger partial charge is 0.481 e. The van der Waals surface area contributed by atoms with Crippen molar-refractivity contribution in [3.63, 3.8) is 0 Å². The maximum Gasteiger partial charge on any atom is 0.308 e. The zero-order valence-corrected chi connectivity index (χ0v) is 10.9. The van der Waals surface area contributed by atoms with Crippen LogP contribution in [0.25, 0.3) is 0 Å². The van der Waals surface area contributed by atoms with E-state index >= 15 is 0 Å². The topological polar surface area (TPSA) is 57.6 Å². The summed E-state index contributed by atoms with van der Waals surface area (Å²) in [5.41, 5.74) is 1.67. The van der Waals surface area contributed by atoms with Gasteiger partial charge < -0.3 is 10.0 Å². The summed E-state index contributed by atoms with van der Waals surface area (Å²) in [6.45, 7) is 2.78. The first-order valence-corrected chi connectivity index (χ1v) is 5.66. The highest BCUT2D eigenvalue weighted by Crippen LogP contribution is 2.19. The van der Waals surface area contributed by atoms with Crippen LogP contribution in [0.4, 0.5) is 0 Å². The van der Waals surface area contributed by atoms with Crippen LogP contribution in [0.2, 0.25) is 0 Å². The van der Waals surface area contributed by atoms with Crippen LogP contribution in [0.5, 0.6) is 0 Å². The molecule has 18 heavy (non-hydrogen) atoms. The molecule has 1 aliphatic heterocycles. The van der Waals surface area contributed by atoms with Gasteiger partial charge in [0.2, 0.25) is 0 Å². The highest BCUT2D eigenvalue weighted by atomic mass is 35.5. The van der Waals surface area contributed by atoms with E-state index in [-0.39, 0.29) is 18.3 Å². The molecule has 1 N–H and O–H groups in total. The Balaban J connectivity index is 0.00000162. The average Bonchev–Trinajstić information content (AvgIpc) is 2.77. The molecule has 4 nitrogen and oxygen atoms in total. The molecule has 98 valence electrons. The van der Waals surface area contributed by atoms with Gasteiger partial charge in [0.15, 0.2) is 0 Å². The normalized spacial score (nSPS) is 18.3. The molecule has 1 unspecified atom stereocenters. The van der Waals surface area contributed by atoms with Gasteiger partial charge >= 0.3 is 5.97 Å². The molecule has 1 amide bonds. The summed E-state index contributed by atoms with van der Waals surface area (Å²) in [4.78, 5) is 24.5. The third kappa shape index (κ3) is 3.01. The van der Waals surface area contributed by atoms with Gasteiger partial charge in [-0.25, -0.2) is 0 Å². The van der Waals surface area contributed by atoms with Crippen molar-refractivity contribution in [3.8, 4) is 0 Å². The molecular formula is C13H16ClNO3. The van der Waals surface area contributed by atoms with Crippen molar-refractivity contribution in [2.24, 2.45) is 5.92 Å². The first-order chi connectivity index (χ1) is 8.08. The van der Waals surface area contributed by atoms with Crippen LogP contribution < -0.4 is 0 Å². The van der Waals surface area contributed by atoms with Crippen molar-refractivity contribution < 1.29 is 14.7 Å². The molecule has 5 heteroatoms. The summed E-state index contributed by atoms with van der Waals surface area (Å²) in [6, 6.07) is 7.37. The van der Waals surface area contributed by atoms with Crippen molar-refractivity contribution >= 4 is 24.3 Å². The lowest BCUT2D eigenvalue weighted by Gasteiger charge is -2.15. The van der Waals surface area contributed by atoms with Crippen molar-refractivity contribution in [2.75, 3.05) is 13.1 Å². The number of benzene rings is 1. The number of halogens is 1. The summed E-state index contributed by atoms with van der Waals surface area (Å²) in [5.74, 6) is -1.30. The van der Waals surface area contributed by atoms with Gasteiger partial charge in [-0.05, 0) is 25.5 Å². The minimum atomic E-state index is -0.815. The summed E-state index contributed by atoms with van der Waals surface area (Å²) < 4.78 is 0. The molecule has 1 aromatic carbocycles. The summed E-state index contributed by atoms with van der Waals surface area (Å²) in [5, 5.41) is 8.89. The minimum Gasteiger partial charge on any atom is -0.481 e. The fourth-order valence-electron chi connectivity index (χ4n) is 2.11. The number of rotatable bonds is 2. The second kappa shape index (κ2) is 5.87. The number of hydrogen-bond donors (Lipinski definition) is 1.